The minimum atomic E-state index is 0. The molecule has 9 nitrogen and oxygen atoms in total. The third-order valence-corrected chi connectivity index (χ3v) is 5.33. The van der Waals surface area contributed by atoms with Gasteiger partial charge in [-0.2, -0.15) is 5.10 Å². The van der Waals surface area contributed by atoms with Crippen LogP contribution in [0.15, 0.2) is 4.99 Å². The summed E-state index contributed by atoms with van der Waals surface area (Å²) in [6.45, 7) is 9.94. The van der Waals surface area contributed by atoms with Gasteiger partial charge in [0, 0.05) is 71.7 Å². The number of piperazine rings is 1. The Hall–Kier alpha value is -1.40. The van der Waals surface area contributed by atoms with E-state index in [1.165, 1.54) is 11.3 Å². The quantitative estimate of drug-likeness (QED) is 0.209. The van der Waals surface area contributed by atoms with Crippen molar-refractivity contribution in [3.05, 3.63) is 17.0 Å². The van der Waals surface area contributed by atoms with E-state index in [2.05, 4.69) is 44.4 Å². The van der Waals surface area contributed by atoms with Crippen LogP contribution in [0.2, 0.25) is 0 Å². The maximum Gasteiger partial charge on any atom is 0.234 e. The second-order valence-corrected chi connectivity index (χ2v) is 7.21. The predicted molar refractivity (Wildman–Crippen MR) is 130 cm³/mol. The van der Waals surface area contributed by atoms with Gasteiger partial charge >= 0.3 is 0 Å². The van der Waals surface area contributed by atoms with Crippen molar-refractivity contribution in [1.82, 2.24) is 30.2 Å². The lowest BCUT2D eigenvalue weighted by Crippen LogP contribution is -2.54. The van der Waals surface area contributed by atoms with E-state index in [-0.39, 0.29) is 29.9 Å². The Morgan fingerprint density at radius 3 is 2.43 bits per heavy atom. The predicted octanol–water partition coefficient (Wildman–Crippen LogP) is 0.619. The number of halogens is 1. The number of methoxy groups -OCH3 is 1. The molecule has 2 rings (SSSR count). The molecule has 2 N–H and O–H groups in total. The van der Waals surface area contributed by atoms with E-state index >= 15 is 0 Å². The molecule has 1 aliphatic rings. The SMILES string of the molecule is CCc1nn(C)c(CC)c1CNC(=NC)N1CCN(CC(=O)NCCOC)CC1.I. The molecule has 1 saturated heterocycles. The van der Waals surface area contributed by atoms with Gasteiger partial charge in [0.1, 0.15) is 0 Å². The van der Waals surface area contributed by atoms with Crippen molar-refractivity contribution < 1.29 is 9.53 Å². The lowest BCUT2D eigenvalue weighted by Gasteiger charge is -2.36. The fraction of sp³-hybridized carbons (Fsp3) is 0.750. The maximum absolute atomic E-state index is 12.0. The number of ether oxygens (including phenoxy) is 1. The van der Waals surface area contributed by atoms with E-state index in [4.69, 9.17) is 4.74 Å². The van der Waals surface area contributed by atoms with Crippen LogP contribution in [0, 0.1) is 0 Å². The highest BCUT2D eigenvalue weighted by Gasteiger charge is 2.22. The van der Waals surface area contributed by atoms with Crippen molar-refractivity contribution in [3.8, 4) is 0 Å². The van der Waals surface area contributed by atoms with Gasteiger partial charge in [0.15, 0.2) is 5.96 Å². The van der Waals surface area contributed by atoms with E-state index < -0.39 is 0 Å². The molecule has 0 spiro atoms. The molecule has 1 aliphatic heterocycles. The van der Waals surface area contributed by atoms with Crippen molar-refractivity contribution in [2.24, 2.45) is 12.0 Å². The number of nitrogens with one attached hydrogen (secondary N) is 2. The monoisotopic (exact) mass is 535 g/mol. The van der Waals surface area contributed by atoms with Crippen LogP contribution >= 0.6 is 24.0 Å². The molecule has 0 saturated carbocycles. The molecule has 0 radical (unpaired) electrons. The molecule has 10 heteroatoms. The summed E-state index contributed by atoms with van der Waals surface area (Å²) in [4.78, 5) is 20.9. The number of guanidine groups is 1. The largest absolute Gasteiger partial charge is 0.383 e. The molecule has 30 heavy (non-hydrogen) atoms. The van der Waals surface area contributed by atoms with Crippen LogP contribution in [0.4, 0.5) is 0 Å². The first-order chi connectivity index (χ1) is 14.0. The van der Waals surface area contributed by atoms with Gasteiger partial charge in [0.25, 0.3) is 0 Å². The highest BCUT2D eigenvalue weighted by Crippen LogP contribution is 2.15. The van der Waals surface area contributed by atoms with E-state index in [1.807, 2.05) is 18.8 Å². The molecule has 1 amide bonds. The molecule has 0 atom stereocenters. The Morgan fingerprint density at radius 2 is 1.87 bits per heavy atom. The zero-order chi connectivity index (χ0) is 21.2. The van der Waals surface area contributed by atoms with Crippen LogP contribution in [0.3, 0.4) is 0 Å². The number of aryl methyl sites for hydroxylation is 2. The number of aromatic nitrogens is 2. The summed E-state index contributed by atoms with van der Waals surface area (Å²) in [6, 6.07) is 0. The fourth-order valence-electron chi connectivity index (χ4n) is 3.76. The van der Waals surface area contributed by atoms with Crippen molar-refractivity contribution in [3.63, 3.8) is 0 Å². The number of rotatable bonds is 9. The molecular weight excluding hydrogens is 497 g/mol. The van der Waals surface area contributed by atoms with Crippen molar-refractivity contribution in [2.75, 3.05) is 60.0 Å². The number of amides is 1. The molecule has 1 aromatic heterocycles. The summed E-state index contributed by atoms with van der Waals surface area (Å²) < 4.78 is 6.95. The average Bonchev–Trinajstić information content (AvgIpc) is 3.04. The van der Waals surface area contributed by atoms with E-state index in [0.717, 1.165) is 57.2 Å². The van der Waals surface area contributed by atoms with Gasteiger partial charge in [-0.3, -0.25) is 19.4 Å². The first kappa shape index (κ1) is 26.6. The van der Waals surface area contributed by atoms with E-state index in [1.54, 1.807) is 7.11 Å². The third kappa shape index (κ3) is 7.38. The fourth-order valence-corrected chi connectivity index (χ4v) is 3.76. The average molecular weight is 535 g/mol. The number of carbonyl (C=O) groups is 1. The Balaban J connectivity index is 0.00000450. The Bertz CT molecular complexity index is 685. The summed E-state index contributed by atoms with van der Waals surface area (Å²) in [5.74, 6) is 0.955. The summed E-state index contributed by atoms with van der Waals surface area (Å²) in [6.07, 6.45) is 1.89. The minimum absolute atomic E-state index is 0. The maximum atomic E-state index is 12.0. The topological polar surface area (TPSA) is 87.0 Å². The zero-order valence-corrected chi connectivity index (χ0v) is 21.4. The smallest absolute Gasteiger partial charge is 0.234 e. The van der Waals surface area contributed by atoms with Crippen LogP contribution in [0.1, 0.15) is 30.8 Å². The van der Waals surface area contributed by atoms with Crippen molar-refractivity contribution >= 4 is 35.8 Å². The van der Waals surface area contributed by atoms with E-state index in [0.29, 0.717) is 19.7 Å². The highest BCUT2D eigenvalue weighted by molar-refractivity contribution is 14.0. The minimum Gasteiger partial charge on any atom is -0.383 e. The molecule has 0 aromatic carbocycles. The summed E-state index contributed by atoms with van der Waals surface area (Å²) in [7, 11) is 5.47. The van der Waals surface area contributed by atoms with E-state index in [9.17, 15) is 4.79 Å². The van der Waals surface area contributed by atoms with Crippen LogP contribution < -0.4 is 10.6 Å². The van der Waals surface area contributed by atoms with Crippen LogP contribution in [0.5, 0.6) is 0 Å². The molecule has 1 fully saturated rings. The van der Waals surface area contributed by atoms with Gasteiger partial charge in [-0.05, 0) is 12.8 Å². The Morgan fingerprint density at radius 1 is 1.17 bits per heavy atom. The normalized spacial score (nSPS) is 15.1. The second-order valence-electron chi connectivity index (χ2n) is 7.21. The van der Waals surface area contributed by atoms with Gasteiger partial charge in [0.05, 0.1) is 18.8 Å². The number of nitrogens with zero attached hydrogens (tertiary/aromatic N) is 5. The van der Waals surface area contributed by atoms with Gasteiger partial charge < -0.3 is 20.3 Å². The summed E-state index contributed by atoms with van der Waals surface area (Å²) >= 11 is 0. The lowest BCUT2D eigenvalue weighted by atomic mass is 10.1. The number of aliphatic imine (C=N–C) groups is 1. The van der Waals surface area contributed by atoms with Crippen LogP contribution in [0.25, 0.3) is 0 Å². The Kier molecular flexibility index (Phi) is 12.3. The standard InChI is InChI=1S/C20H37N7O2.HI/c1-6-17-16(18(7-2)25(4)24-17)14-23-20(21-3)27-11-9-26(10-12-27)15-19(28)22-8-13-29-5;/h6-15H2,1-5H3,(H,21,23)(H,22,28);1H. The number of carbonyl (C=O) groups excluding carboxylic acids is 1. The molecule has 1 aromatic rings. The highest BCUT2D eigenvalue weighted by atomic mass is 127. The van der Waals surface area contributed by atoms with Crippen LogP contribution in [-0.4, -0.2) is 91.5 Å². The zero-order valence-electron chi connectivity index (χ0n) is 19.0. The molecule has 2 heterocycles. The van der Waals surface area contributed by atoms with Crippen LogP contribution in [-0.2, 0) is 36.0 Å². The van der Waals surface area contributed by atoms with Gasteiger partial charge in [-0.1, -0.05) is 13.8 Å². The summed E-state index contributed by atoms with van der Waals surface area (Å²) in [5.41, 5.74) is 3.70. The Labute approximate surface area is 197 Å². The molecule has 0 bridgehead atoms. The molecule has 0 aliphatic carbocycles. The molecular formula is C20H38IN7O2. The number of hydrogen-bond acceptors (Lipinski definition) is 5. The van der Waals surface area contributed by atoms with Gasteiger partial charge in [0.2, 0.25) is 5.91 Å². The first-order valence-corrected chi connectivity index (χ1v) is 10.5. The molecule has 172 valence electrons. The second kappa shape index (κ2) is 13.8. The van der Waals surface area contributed by atoms with Gasteiger partial charge in [-0.15, -0.1) is 24.0 Å². The van der Waals surface area contributed by atoms with Crippen molar-refractivity contribution in [1.29, 1.82) is 0 Å². The first-order valence-electron chi connectivity index (χ1n) is 10.5. The van der Waals surface area contributed by atoms with Gasteiger partial charge in [-0.25, -0.2) is 0 Å². The lowest BCUT2D eigenvalue weighted by molar-refractivity contribution is -0.122. The summed E-state index contributed by atoms with van der Waals surface area (Å²) in [5, 5.41) is 11.0. The van der Waals surface area contributed by atoms with Crippen molar-refractivity contribution in [2.45, 2.75) is 33.2 Å². The molecule has 0 unspecified atom stereocenters. The third-order valence-electron chi connectivity index (χ3n) is 5.33. The number of hydrogen-bond donors (Lipinski definition) is 2.